The molecule has 0 bridgehead atoms. The molecule has 0 unspecified atom stereocenters. The fourth-order valence-electron chi connectivity index (χ4n) is 3.54. The second-order valence-electron chi connectivity index (χ2n) is 7.31. The number of carbonyl (C=O) groups is 1. The van der Waals surface area contributed by atoms with Crippen molar-refractivity contribution >= 4 is 22.6 Å². The molecule has 0 aliphatic rings. The van der Waals surface area contributed by atoms with Gasteiger partial charge in [0.05, 0.1) is 5.56 Å². The van der Waals surface area contributed by atoms with Crippen LogP contribution in [0.5, 0.6) is 0 Å². The maximum atomic E-state index is 12.3. The largest absolute Gasteiger partial charge is 0.370 e. The highest BCUT2D eigenvalue weighted by molar-refractivity contribution is 5.94. The highest BCUT2D eigenvalue weighted by Crippen LogP contribution is 2.18. The van der Waals surface area contributed by atoms with E-state index in [2.05, 4.69) is 57.1 Å². The number of para-hydroxylation sites is 1. The molecule has 0 atom stereocenters. The molecule has 3 N–H and O–H groups in total. The standard InChI is InChI=1S/C25H26N4O/c30-25(27-15-6-9-19-7-2-1-3-8-19)21-12-13-24(29-18-21)26-16-14-20-17-28-23-11-5-4-10-22(20)23/h1-5,7-8,10-13,17-18,28H,6,9,14-16H2,(H,26,29)(H,27,30). The molecule has 2 aromatic carbocycles. The quantitative estimate of drug-likeness (QED) is 0.362. The third kappa shape index (κ3) is 5.06. The third-order valence-electron chi connectivity index (χ3n) is 5.17. The fourth-order valence-corrected chi connectivity index (χ4v) is 3.54. The lowest BCUT2D eigenvalue weighted by atomic mass is 10.1. The van der Waals surface area contributed by atoms with Crippen LogP contribution in [0.25, 0.3) is 10.9 Å². The minimum absolute atomic E-state index is 0.0825. The molecule has 2 heterocycles. The van der Waals surface area contributed by atoms with Crippen molar-refractivity contribution in [2.75, 3.05) is 18.4 Å². The Labute approximate surface area is 176 Å². The van der Waals surface area contributed by atoms with E-state index in [1.165, 1.54) is 16.5 Å². The zero-order valence-electron chi connectivity index (χ0n) is 16.9. The predicted octanol–water partition coefficient (Wildman–Crippen LogP) is 4.58. The van der Waals surface area contributed by atoms with Gasteiger partial charge in [-0.05, 0) is 48.6 Å². The molecular formula is C25H26N4O. The van der Waals surface area contributed by atoms with Gasteiger partial charge in [-0.15, -0.1) is 0 Å². The first-order valence-corrected chi connectivity index (χ1v) is 10.4. The summed E-state index contributed by atoms with van der Waals surface area (Å²) in [4.78, 5) is 20.0. The number of aromatic amines is 1. The van der Waals surface area contributed by atoms with E-state index in [9.17, 15) is 4.79 Å². The lowest BCUT2D eigenvalue weighted by Gasteiger charge is -2.08. The van der Waals surface area contributed by atoms with Crippen LogP contribution in [0.1, 0.15) is 27.9 Å². The van der Waals surface area contributed by atoms with Gasteiger partial charge in [-0.2, -0.15) is 0 Å². The molecule has 0 fully saturated rings. The predicted molar refractivity (Wildman–Crippen MR) is 122 cm³/mol. The molecule has 2 aromatic heterocycles. The highest BCUT2D eigenvalue weighted by atomic mass is 16.1. The van der Waals surface area contributed by atoms with Gasteiger partial charge in [-0.25, -0.2) is 4.98 Å². The monoisotopic (exact) mass is 398 g/mol. The van der Waals surface area contributed by atoms with Gasteiger partial charge in [0, 0.05) is 36.4 Å². The summed E-state index contributed by atoms with van der Waals surface area (Å²) < 4.78 is 0. The van der Waals surface area contributed by atoms with Crippen LogP contribution in [0.15, 0.2) is 79.1 Å². The van der Waals surface area contributed by atoms with Crippen molar-refractivity contribution in [2.24, 2.45) is 0 Å². The molecule has 0 radical (unpaired) electrons. The Morgan fingerprint density at radius 3 is 2.57 bits per heavy atom. The minimum Gasteiger partial charge on any atom is -0.370 e. The van der Waals surface area contributed by atoms with Gasteiger partial charge >= 0.3 is 0 Å². The molecule has 5 heteroatoms. The number of carbonyl (C=O) groups excluding carboxylic acids is 1. The van der Waals surface area contributed by atoms with Gasteiger partial charge in [0.15, 0.2) is 0 Å². The maximum Gasteiger partial charge on any atom is 0.252 e. The van der Waals surface area contributed by atoms with E-state index < -0.39 is 0 Å². The van der Waals surface area contributed by atoms with Crippen LogP contribution >= 0.6 is 0 Å². The average Bonchev–Trinajstić information content (AvgIpc) is 3.21. The summed E-state index contributed by atoms with van der Waals surface area (Å²) in [6, 6.07) is 22.3. The normalized spacial score (nSPS) is 10.8. The molecule has 0 aliphatic heterocycles. The smallest absolute Gasteiger partial charge is 0.252 e. The molecule has 152 valence electrons. The third-order valence-corrected chi connectivity index (χ3v) is 5.17. The lowest BCUT2D eigenvalue weighted by molar-refractivity contribution is 0.0953. The number of aryl methyl sites for hydroxylation is 1. The zero-order chi connectivity index (χ0) is 20.6. The number of hydrogen-bond donors (Lipinski definition) is 3. The number of rotatable bonds is 9. The van der Waals surface area contributed by atoms with Gasteiger partial charge in [-0.3, -0.25) is 4.79 Å². The number of aromatic nitrogens is 2. The zero-order valence-corrected chi connectivity index (χ0v) is 16.9. The molecular weight excluding hydrogens is 372 g/mol. The van der Waals surface area contributed by atoms with Crippen molar-refractivity contribution in [3.8, 4) is 0 Å². The van der Waals surface area contributed by atoms with E-state index >= 15 is 0 Å². The van der Waals surface area contributed by atoms with Gasteiger partial charge in [0.2, 0.25) is 0 Å². The Morgan fingerprint density at radius 2 is 1.73 bits per heavy atom. The Balaban J connectivity index is 1.21. The van der Waals surface area contributed by atoms with Crippen molar-refractivity contribution in [1.29, 1.82) is 0 Å². The fraction of sp³-hybridized carbons (Fsp3) is 0.200. The van der Waals surface area contributed by atoms with Crippen LogP contribution in [0.2, 0.25) is 0 Å². The molecule has 4 aromatic rings. The SMILES string of the molecule is O=C(NCCCc1ccccc1)c1ccc(NCCc2c[nH]c3ccccc23)nc1. The average molecular weight is 399 g/mol. The molecule has 0 aliphatic carbocycles. The van der Waals surface area contributed by atoms with Crippen LogP contribution in [0, 0.1) is 0 Å². The Morgan fingerprint density at radius 1 is 0.900 bits per heavy atom. The molecule has 5 nitrogen and oxygen atoms in total. The number of H-pyrrole nitrogens is 1. The van der Waals surface area contributed by atoms with Gasteiger partial charge < -0.3 is 15.6 Å². The Kier molecular flexibility index (Phi) is 6.40. The van der Waals surface area contributed by atoms with E-state index in [-0.39, 0.29) is 5.91 Å². The number of pyridine rings is 1. The number of benzene rings is 2. The van der Waals surface area contributed by atoms with E-state index in [1.54, 1.807) is 6.20 Å². The Bertz CT molecular complexity index is 1090. The first-order chi connectivity index (χ1) is 14.8. The summed E-state index contributed by atoms with van der Waals surface area (Å²) in [5, 5.41) is 7.55. The van der Waals surface area contributed by atoms with Crippen LogP contribution in [-0.4, -0.2) is 29.0 Å². The maximum absolute atomic E-state index is 12.3. The van der Waals surface area contributed by atoms with Crippen molar-refractivity contribution in [2.45, 2.75) is 19.3 Å². The number of nitrogens with zero attached hydrogens (tertiary/aromatic N) is 1. The van der Waals surface area contributed by atoms with Crippen molar-refractivity contribution < 1.29 is 4.79 Å². The molecule has 30 heavy (non-hydrogen) atoms. The number of anilines is 1. The lowest BCUT2D eigenvalue weighted by Crippen LogP contribution is -2.25. The van der Waals surface area contributed by atoms with Crippen LogP contribution in [0.3, 0.4) is 0 Å². The minimum atomic E-state index is -0.0825. The molecule has 0 spiro atoms. The first-order valence-electron chi connectivity index (χ1n) is 10.4. The summed E-state index contributed by atoms with van der Waals surface area (Å²) in [5.74, 6) is 0.691. The van der Waals surface area contributed by atoms with Crippen molar-refractivity contribution in [3.05, 3.63) is 95.8 Å². The van der Waals surface area contributed by atoms with E-state index in [0.717, 1.165) is 37.1 Å². The van der Waals surface area contributed by atoms with Gasteiger partial charge in [0.25, 0.3) is 5.91 Å². The summed E-state index contributed by atoms with van der Waals surface area (Å²) in [5.41, 5.74) is 4.31. The van der Waals surface area contributed by atoms with Gasteiger partial charge in [-0.1, -0.05) is 48.5 Å². The van der Waals surface area contributed by atoms with E-state index in [0.29, 0.717) is 12.1 Å². The van der Waals surface area contributed by atoms with Crippen molar-refractivity contribution in [3.63, 3.8) is 0 Å². The number of hydrogen-bond acceptors (Lipinski definition) is 3. The first kappa shape index (κ1) is 19.7. The molecule has 0 saturated carbocycles. The number of amides is 1. The number of nitrogens with one attached hydrogen (secondary N) is 3. The van der Waals surface area contributed by atoms with Gasteiger partial charge in [0.1, 0.15) is 5.82 Å². The van der Waals surface area contributed by atoms with Crippen LogP contribution in [-0.2, 0) is 12.8 Å². The van der Waals surface area contributed by atoms with E-state index in [1.807, 2.05) is 36.4 Å². The topological polar surface area (TPSA) is 69.8 Å². The van der Waals surface area contributed by atoms with E-state index in [4.69, 9.17) is 0 Å². The second kappa shape index (κ2) is 9.74. The summed E-state index contributed by atoms with van der Waals surface area (Å²) in [6.07, 6.45) is 6.45. The molecule has 0 saturated heterocycles. The van der Waals surface area contributed by atoms with Crippen LogP contribution in [0.4, 0.5) is 5.82 Å². The second-order valence-corrected chi connectivity index (χ2v) is 7.31. The summed E-state index contributed by atoms with van der Waals surface area (Å²) >= 11 is 0. The summed E-state index contributed by atoms with van der Waals surface area (Å²) in [6.45, 7) is 1.43. The molecule has 4 rings (SSSR count). The highest BCUT2D eigenvalue weighted by Gasteiger charge is 2.06. The summed E-state index contributed by atoms with van der Waals surface area (Å²) in [7, 11) is 0. The van der Waals surface area contributed by atoms with Crippen molar-refractivity contribution in [1.82, 2.24) is 15.3 Å². The van der Waals surface area contributed by atoms with Crippen LogP contribution < -0.4 is 10.6 Å². The number of fused-ring (bicyclic) bond motifs is 1. The Hall–Kier alpha value is -3.60. The molecule has 1 amide bonds.